The number of unbranched alkanes of at least 4 members (excludes halogenated alkanes) is 2. The number of H-pyrrole nitrogens is 1. The number of carbonyl (C=O) groups is 1. The van der Waals surface area contributed by atoms with Crippen molar-refractivity contribution in [1.82, 2.24) is 10.3 Å². The van der Waals surface area contributed by atoms with Crippen molar-refractivity contribution in [2.75, 3.05) is 6.54 Å². The maximum absolute atomic E-state index is 13.5. The first-order valence-electron chi connectivity index (χ1n) is 10.2. The molecule has 4 heteroatoms. The van der Waals surface area contributed by atoms with Gasteiger partial charge in [-0.3, -0.25) is 4.79 Å². The SMILES string of the molecule is CCCCCNC(=O)CC(c1ccc(F)cc1)c1c[nH]c2c(CC)cccc12. The quantitative estimate of drug-likeness (QED) is 0.460. The maximum atomic E-state index is 13.5. The molecule has 0 saturated carbocycles. The summed E-state index contributed by atoms with van der Waals surface area (Å²) in [5.41, 5.74) is 4.41. The predicted molar refractivity (Wildman–Crippen MR) is 113 cm³/mol. The number of amides is 1. The Hall–Kier alpha value is -2.62. The highest BCUT2D eigenvalue weighted by molar-refractivity contribution is 5.88. The molecule has 28 heavy (non-hydrogen) atoms. The number of aromatic amines is 1. The smallest absolute Gasteiger partial charge is 0.220 e. The fourth-order valence-corrected chi connectivity index (χ4v) is 3.78. The number of halogens is 1. The van der Waals surface area contributed by atoms with E-state index < -0.39 is 0 Å². The topological polar surface area (TPSA) is 44.9 Å². The molecule has 148 valence electrons. The van der Waals surface area contributed by atoms with Gasteiger partial charge in [-0.1, -0.05) is 57.0 Å². The predicted octanol–water partition coefficient (Wildman–Crippen LogP) is 5.70. The van der Waals surface area contributed by atoms with E-state index in [2.05, 4.69) is 42.3 Å². The number of aryl methyl sites for hydroxylation is 1. The van der Waals surface area contributed by atoms with E-state index in [4.69, 9.17) is 0 Å². The van der Waals surface area contributed by atoms with Gasteiger partial charge in [0.15, 0.2) is 0 Å². The summed E-state index contributed by atoms with van der Waals surface area (Å²) >= 11 is 0. The van der Waals surface area contributed by atoms with E-state index in [0.29, 0.717) is 13.0 Å². The van der Waals surface area contributed by atoms with Gasteiger partial charge in [0.2, 0.25) is 5.91 Å². The molecule has 3 rings (SSSR count). The van der Waals surface area contributed by atoms with Gasteiger partial charge in [0.1, 0.15) is 5.82 Å². The van der Waals surface area contributed by atoms with E-state index >= 15 is 0 Å². The Morgan fingerprint density at radius 3 is 2.61 bits per heavy atom. The number of carbonyl (C=O) groups excluding carboxylic acids is 1. The highest BCUT2D eigenvalue weighted by Crippen LogP contribution is 2.34. The van der Waals surface area contributed by atoms with Crippen LogP contribution in [0.1, 0.15) is 62.1 Å². The van der Waals surface area contributed by atoms with E-state index in [1.54, 1.807) is 12.1 Å². The standard InChI is InChI=1S/C24H29FN2O/c1-3-5-6-14-26-23(28)15-21(18-10-12-19(25)13-11-18)22-16-27-24-17(4-2)8-7-9-20(22)24/h7-13,16,21,27H,3-6,14-15H2,1-2H3,(H,26,28). The number of fused-ring (bicyclic) bond motifs is 1. The summed E-state index contributed by atoms with van der Waals surface area (Å²) in [4.78, 5) is 16.0. The monoisotopic (exact) mass is 380 g/mol. The van der Waals surface area contributed by atoms with Crippen LogP contribution in [-0.4, -0.2) is 17.4 Å². The first-order valence-corrected chi connectivity index (χ1v) is 10.2. The summed E-state index contributed by atoms with van der Waals surface area (Å²) in [5.74, 6) is -0.349. The molecule has 0 bridgehead atoms. The molecule has 0 aliphatic carbocycles. The van der Waals surface area contributed by atoms with Crippen LogP contribution in [0.15, 0.2) is 48.7 Å². The third kappa shape index (κ3) is 4.61. The molecule has 2 aromatic carbocycles. The Balaban J connectivity index is 1.91. The molecule has 2 N–H and O–H groups in total. The largest absolute Gasteiger partial charge is 0.361 e. The van der Waals surface area contributed by atoms with E-state index in [0.717, 1.165) is 47.7 Å². The van der Waals surface area contributed by atoms with Crippen LogP contribution in [0.4, 0.5) is 4.39 Å². The van der Waals surface area contributed by atoms with Crippen molar-refractivity contribution in [2.24, 2.45) is 0 Å². The van der Waals surface area contributed by atoms with Gasteiger partial charge in [0.05, 0.1) is 0 Å². The van der Waals surface area contributed by atoms with Gasteiger partial charge in [-0.15, -0.1) is 0 Å². The lowest BCUT2D eigenvalue weighted by atomic mass is 9.87. The molecule has 1 amide bonds. The Kier molecular flexibility index (Phi) is 6.85. The third-order valence-electron chi connectivity index (χ3n) is 5.35. The molecule has 0 radical (unpaired) electrons. The minimum atomic E-state index is -0.265. The number of benzene rings is 2. The molecule has 1 aromatic heterocycles. The lowest BCUT2D eigenvalue weighted by molar-refractivity contribution is -0.121. The molecular weight excluding hydrogens is 351 g/mol. The summed E-state index contributed by atoms with van der Waals surface area (Å²) in [6.07, 6.45) is 6.53. The maximum Gasteiger partial charge on any atom is 0.220 e. The molecule has 3 nitrogen and oxygen atoms in total. The molecule has 0 aliphatic rings. The second-order valence-electron chi connectivity index (χ2n) is 7.30. The third-order valence-corrected chi connectivity index (χ3v) is 5.35. The van der Waals surface area contributed by atoms with Crippen molar-refractivity contribution in [1.29, 1.82) is 0 Å². The summed E-state index contributed by atoms with van der Waals surface area (Å²) in [7, 11) is 0. The Morgan fingerprint density at radius 1 is 1.11 bits per heavy atom. The van der Waals surface area contributed by atoms with E-state index in [-0.39, 0.29) is 17.6 Å². The Bertz CT molecular complexity index is 914. The first-order chi connectivity index (χ1) is 13.6. The first kappa shape index (κ1) is 20.1. The molecule has 0 spiro atoms. The van der Waals surface area contributed by atoms with Crippen molar-refractivity contribution in [3.05, 3.63) is 71.2 Å². The number of hydrogen-bond acceptors (Lipinski definition) is 1. The minimum absolute atomic E-state index is 0.0337. The normalized spacial score (nSPS) is 12.2. The van der Waals surface area contributed by atoms with E-state index in [1.165, 1.54) is 17.7 Å². The van der Waals surface area contributed by atoms with Crippen LogP contribution in [0, 0.1) is 5.82 Å². The molecule has 1 heterocycles. The number of aromatic nitrogens is 1. The molecule has 0 fully saturated rings. The van der Waals surface area contributed by atoms with Crippen LogP contribution >= 0.6 is 0 Å². The van der Waals surface area contributed by atoms with Gasteiger partial charge in [-0.2, -0.15) is 0 Å². The van der Waals surface area contributed by atoms with Crippen LogP contribution in [0.5, 0.6) is 0 Å². The average molecular weight is 381 g/mol. The lowest BCUT2D eigenvalue weighted by Gasteiger charge is -2.17. The van der Waals surface area contributed by atoms with Crippen LogP contribution in [0.2, 0.25) is 0 Å². The van der Waals surface area contributed by atoms with Gasteiger partial charge in [-0.05, 0) is 41.7 Å². The molecule has 1 atom stereocenters. The Labute approximate surface area is 166 Å². The van der Waals surface area contributed by atoms with E-state index in [1.807, 2.05) is 6.20 Å². The van der Waals surface area contributed by atoms with Gasteiger partial charge in [0.25, 0.3) is 0 Å². The Morgan fingerprint density at radius 2 is 1.89 bits per heavy atom. The van der Waals surface area contributed by atoms with Crippen molar-refractivity contribution in [3.63, 3.8) is 0 Å². The average Bonchev–Trinajstić information content (AvgIpc) is 3.14. The molecule has 0 saturated heterocycles. The molecule has 0 aliphatic heterocycles. The van der Waals surface area contributed by atoms with Crippen molar-refractivity contribution in [2.45, 2.75) is 51.9 Å². The minimum Gasteiger partial charge on any atom is -0.361 e. The number of nitrogens with one attached hydrogen (secondary N) is 2. The van der Waals surface area contributed by atoms with Crippen molar-refractivity contribution < 1.29 is 9.18 Å². The zero-order valence-electron chi connectivity index (χ0n) is 16.7. The zero-order valence-corrected chi connectivity index (χ0v) is 16.7. The summed E-state index contributed by atoms with van der Waals surface area (Å²) < 4.78 is 13.5. The highest BCUT2D eigenvalue weighted by Gasteiger charge is 2.22. The van der Waals surface area contributed by atoms with E-state index in [9.17, 15) is 9.18 Å². The fourth-order valence-electron chi connectivity index (χ4n) is 3.78. The zero-order chi connectivity index (χ0) is 19.9. The highest BCUT2D eigenvalue weighted by atomic mass is 19.1. The van der Waals surface area contributed by atoms with Gasteiger partial charge >= 0.3 is 0 Å². The summed E-state index contributed by atoms with van der Waals surface area (Å²) in [6.45, 7) is 4.99. The summed E-state index contributed by atoms with van der Waals surface area (Å²) in [5, 5.41) is 4.17. The van der Waals surface area contributed by atoms with Gasteiger partial charge < -0.3 is 10.3 Å². The van der Waals surface area contributed by atoms with Crippen molar-refractivity contribution >= 4 is 16.8 Å². The van der Waals surface area contributed by atoms with Gasteiger partial charge in [-0.25, -0.2) is 4.39 Å². The number of para-hydroxylation sites is 1. The van der Waals surface area contributed by atoms with Crippen LogP contribution < -0.4 is 5.32 Å². The van der Waals surface area contributed by atoms with Crippen LogP contribution in [-0.2, 0) is 11.2 Å². The molecular formula is C24H29FN2O. The summed E-state index contributed by atoms with van der Waals surface area (Å²) in [6, 6.07) is 12.8. The second-order valence-corrected chi connectivity index (χ2v) is 7.30. The molecule has 1 unspecified atom stereocenters. The van der Waals surface area contributed by atoms with Crippen LogP contribution in [0.25, 0.3) is 10.9 Å². The number of rotatable bonds is 9. The van der Waals surface area contributed by atoms with Gasteiger partial charge in [0, 0.05) is 36.0 Å². The fraction of sp³-hybridized carbons (Fsp3) is 0.375. The number of hydrogen-bond donors (Lipinski definition) is 2. The lowest BCUT2D eigenvalue weighted by Crippen LogP contribution is -2.26. The van der Waals surface area contributed by atoms with Crippen molar-refractivity contribution in [3.8, 4) is 0 Å². The second kappa shape index (κ2) is 9.54. The molecule has 3 aromatic rings. The van der Waals surface area contributed by atoms with Crippen LogP contribution in [0.3, 0.4) is 0 Å².